The van der Waals surface area contributed by atoms with Crippen LogP contribution in [-0.2, 0) is 14.3 Å². The SMILES string of the molecule is CCCCCCCNC(=O)C1COC(=O)O1. The summed E-state index contributed by atoms with van der Waals surface area (Å²) < 4.78 is 9.17. The lowest BCUT2D eigenvalue weighted by atomic mass is 10.1. The number of unbranched alkanes of at least 4 members (excludes halogenated alkanes) is 4. The van der Waals surface area contributed by atoms with Gasteiger partial charge in [-0.25, -0.2) is 4.79 Å². The summed E-state index contributed by atoms with van der Waals surface area (Å²) >= 11 is 0. The summed E-state index contributed by atoms with van der Waals surface area (Å²) in [5, 5.41) is 2.73. The van der Waals surface area contributed by atoms with Crippen LogP contribution in [0.5, 0.6) is 0 Å². The number of rotatable bonds is 7. The number of carbonyl (C=O) groups is 2. The van der Waals surface area contributed by atoms with Gasteiger partial charge in [0.25, 0.3) is 5.91 Å². The predicted octanol–water partition coefficient (Wildman–Crippen LogP) is 1.61. The van der Waals surface area contributed by atoms with Gasteiger partial charge in [0.2, 0.25) is 6.10 Å². The molecule has 5 nitrogen and oxygen atoms in total. The molecule has 1 amide bonds. The van der Waals surface area contributed by atoms with Crippen molar-refractivity contribution in [3.8, 4) is 0 Å². The Labute approximate surface area is 95.5 Å². The van der Waals surface area contributed by atoms with Crippen molar-refractivity contribution in [1.29, 1.82) is 0 Å². The van der Waals surface area contributed by atoms with Gasteiger partial charge in [-0.3, -0.25) is 4.79 Å². The maximum absolute atomic E-state index is 11.4. The van der Waals surface area contributed by atoms with Gasteiger partial charge in [0, 0.05) is 6.54 Å². The monoisotopic (exact) mass is 229 g/mol. The number of hydrogen-bond donors (Lipinski definition) is 1. The number of carbonyl (C=O) groups excluding carboxylic acids is 2. The maximum Gasteiger partial charge on any atom is 0.509 e. The van der Waals surface area contributed by atoms with Crippen LogP contribution < -0.4 is 5.32 Å². The Morgan fingerprint density at radius 1 is 1.38 bits per heavy atom. The van der Waals surface area contributed by atoms with Crippen LogP contribution in [0.2, 0.25) is 0 Å². The minimum absolute atomic E-state index is 0.0283. The Morgan fingerprint density at radius 2 is 2.12 bits per heavy atom. The molecule has 0 aliphatic carbocycles. The third-order valence-electron chi connectivity index (χ3n) is 2.46. The fraction of sp³-hybridized carbons (Fsp3) is 0.818. The van der Waals surface area contributed by atoms with E-state index in [0.717, 1.165) is 12.8 Å². The molecule has 1 unspecified atom stereocenters. The zero-order chi connectivity index (χ0) is 11.8. The molecule has 0 bridgehead atoms. The smallest absolute Gasteiger partial charge is 0.430 e. The molecule has 5 heteroatoms. The van der Waals surface area contributed by atoms with Crippen LogP contribution in [0.3, 0.4) is 0 Å². The first-order valence-corrected chi connectivity index (χ1v) is 5.85. The minimum Gasteiger partial charge on any atom is -0.430 e. The third kappa shape index (κ3) is 4.51. The van der Waals surface area contributed by atoms with Gasteiger partial charge in [0.15, 0.2) is 0 Å². The van der Waals surface area contributed by atoms with E-state index in [4.69, 9.17) is 0 Å². The summed E-state index contributed by atoms with van der Waals surface area (Å²) in [6.07, 6.45) is 4.21. The van der Waals surface area contributed by atoms with Crippen LogP contribution in [0.4, 0.5) is 4.79 Å². The Morgan fingerprint density at radius 3 is 2.75 bits per heavy atom. The van der Waals surface area contributed by atoms with Gasteiger partial charge in [0.1, 0.15) is 6.61 Å². The number of hydrogen-bond acceptors (Lipinski definition) is 4. The van der Waals surface area contributed by atoms with Crippen LogP contribution in [0.1, 0.15) is 39.0 Å². The summed E-state index contributed by atoms with van der Waals surface area (Å²) in [5.74, 6) is -0.263. The number of nitrogens with one attached hydrogen (secondary N) is 1. The van der Waals surface area contributed by atoms with Crippen molar-refractivity contribution in [2.45, 2.75) is 45.1 Å². The van der Waals surface area contributed by atoms with Gasteiger partial charge in [-0.2, -0.15) is 0 Å². The van der Waals surface area contributed by atoms with Crippen molar-refractivity contribution in [1.82, 2.24) is 5.32 Å². The molecule has 16 heavy (non-hydrogen) atoms. The average molecular weight is 229 g/mol. The molecule has 0 spiro atoms. The molecule has 1 atom stereocenters. The number of cyclic esters (lactones) is 2. The van der Waals surface area contributed by atoms with E-state index >= 15 is 0 Å². The molecular formula is C11H19NO4. The van der Waals surface area contributed by atoms with E-state index in [1.54, 1.807) is 0 Å². The van der Waals surface area contributed by atoms with E-state index in [1.165, 1.54) is 19.3 Å². The fourth-order valence-corrected chi connectivity index (χ4v) is 1.51. The highest BCUT2D eigenvalue weighted by atomic mass is 16.8. The van der Waals surface area contributed by atoms with Crippen molar-refractivity contribution >= 4 is 12.1 Å². The van der Waals surface area contributed by atoms with Crippen LogP contribution in [0.25, 0.3) is 0 Å². The lowest BCUT2D eigenvalue weighted by molar-refractivity contribution is -0.127. The maximum atomic E-state index is 11.4. The van der Waals surface area contributed by atoms with Gasteiger partial charge < -0.3 is 14.8 Å². The fourth-order valence-electron chi connectivity index (χ4n) is 1.51. The van der Waals surface area contributed by atoms with Crippen molar-refractivity contribution in [2.75, 3.05) is 13.2 Å². The standard InChI is InChI=1S/C11H19NO4/c1-2-3-4-5-6-7-12-10(13)9-8-15-11(14)16-9/h9H,2-8H2,1H3,(H,12,13). The van der Waals surface area contributed by atoms with E-state index < -0.39 is 12.3 Å². The molecule has 0 aromatic heterocycles. The van der Waals surface area contributed by atoms with E-state index in [0.29, 0.717) is 6.54 Å². The first-order valence-electron chi connectivity index (χ1n) is 5.85. The second-order valence-electron chi connectivity index (χ2n) is 3.87. The van der Waals surface area contributed by atoms with Gasteiger partial charge in [-0.1, -0.05) is 32.6 Å². The molecule has 0 aromatic rings. The van der Waals surface area contributed by atoms with Crippen molar-refractivity contribution in [3.05, 3.63) is 0 Å². The topological polar surface area (TPSA) is 64.6 Å². The van der Waals surface area contributed by atoms with Crippen molar-refractivity contribution in [3.63, 3.8) is 0 Å². The van der Waals surface area contributed by atoms with E-state index in [9.17, 15) is 9.59 Å². The van der Waals surface area contributed by atoms with Crippen molar-refractivity contribution < 1.29 is 19.1 Å². The molecule has 0 radical (unpaired) electrons. The molecule has 1 fully saturated rings. The third-order valence-corrected chi connectivity index (χ3v) is 2.46. The van der Waals surface area contributed by atoms with Crippen LogP contribution in [0.15, 0.2) is 0 Å². The summed E-state index contributed by atoms with van der Waals surface area (Å²) in [4.78, 5) is 22.0. The summed E-state index contributed by atoms with van der Waals surface area (Å²) in [6.45, 7) is 2.83. The van der Waals surface area contributed by atoms with Crippen LogP contribution >= 0.6 is 0 Å². The van der Waals surface area contributed by atoms with E-state index in [2.05, 4.69) is 21.7 Å². The lowest BCUT2D eigenvalue weighted by Crippen LogP contribution is -2.36. The Hall–Kier alpha value is -1.26. The normalized spacial score (nSPS) is 19.1. The largest absolute Gasteiger partial charge is 0.509 e. The molecule has 1 heterocycles. The highest BCUT2D eigenvalue weighted by Gasteiger charge is 2.31. The van der Waals surface area contributed by atoms with E-state index in [1.807, 2.05) is 0 Å². The summed E-state index contributed by atoms with van der Waals surface area (Å²) in [7, 11) is 0. The molecule has 0 aromatic carbocycles. The molecule has 1 saturated heterocycles. The summed E-state index contributed by atoms with van der Waals surface area (Å²) in [5.41, 5.74) is 0. The first kappa shape index (κ1) is 12.8. The van der Waals surface area contributed by atoms with Gasteiger partial charge in [0.05, 0.1) is 0 Å². The minimum atomic E-state index is -0.761. The molecule has 92 valence electrons. The molecular weight excluding hydrogens is 210 g/mol. The second-order valence-corrected chi connectivity index (χ2v) is 3.87. The Kier molecular flexibility index (Phi) is 5.67. The van der Waals surface area contributed by atoms with Crippen molar-refractivity contribution in [2.24, 2.45) is 0 Å². The van der Waals surface area contributed by atoms with Gasteiger partial charge >= 0.3 is 6.16 Å². The predicted molar refractivity (Wildman–Crippen MR) is 58.0 cm³/mol. The second kappa shape index (κ2) is 7.09. The zero-order valence-electron chi connectivity index (χ0n) is 9.66. The Bertz CT molecular complexity index is 242. The first-order chi connectivity index (χ1) is 7.74. The highest BCUT2D eigenvalue weighted by molar-refractivity contribution is 5.84. The van der Waals surface area contributed by atoms with Crippen LogP contribution in [0, 0.1) is 0 Å². The van der Waals surface area contributed by atoms with Gasteiger partial charge in [-0.15, -0.1) is 0 Å². The average Bonchev–Trinajstić information content (AvgIpc) is 2.70. The lowest BCUT2D eigenvalue weighted by Gasteiger charge is -2.07. The molecule has 1 N–H and O–H groups in total. The number of ether oxygens (including phenoxy) is 2. The van der Waals surface area contributed by atoms with Gasteiger partial charge in [-0.05, 0) is 6.42 Å². The van der Waals surface area contributed by atoms with E-state index in [-0.39, 0.29) is 12.5 Å². The number of amides is 1. The molecule has 1 rings (SSSR count). The zero-order valence-corrected chi connectivity index (χ0v) is 9.66. The molecule has 1 aliphatic heterocycles. The highest BCUT2D eigenvalue weighted by Crippen LogP contribution is 2.06. The molecule has 1 aliphatic rings. The van der Waals surface area contributed by atoms with Crippen LogP contribution in [-0.4, -0.2) is 31.3 Å². The quantitative estimate of drug-likeness (QED) is 0.532. The summed E-state index contributed by atoms with van der Waals surface area (Å²) in [6, 6.07) is 0. The Balaban J connectivity index is 2.00. The molecule has 0 saturated carbocycles.